The van der Waals surface area contributed by atoms with Crippen LogP contribution in [0.1, 0.15) is 40.0 Å². The number of nitrogens with one attached hydrogen (secondary N) is 1. The molecule has 0 aromatic carbocycles. The van der Waals surface area contributed by atoms with Crippen molar-refractivity contribution in [2.45, 2.75) is 40.0 Å². The number of nitrogens with two attached hydrogens (primary N) is 1. The number of unbranched alkanes of at least 4 members (excludes halogenated alkanes) is 1. The van der Waals surface area contributed by atoms with Gasteiger partial charge in [-0.3, -0.25) is 4.79 Å². The van der Waals surface area contributed by atoms with Crippen LogP contribution in [0.2, 0.25) is 0 Å². The van der Waals surface area contributed by atoms with Gasteiger partial charge in [0.1, 0.15) is 0 Å². The maximum absolute atomic E-state index is 10.9. The summed E-state index contributed by atoms with van der Waals surface area (Å²) < 4.78 is 0. The van der Waals surface area contributed by atoms with E-state index in [4.69, 9.17) is 5.73 Å². The lowest BCUT2D eigenvalue weighted by molar-refractivity contribution is -0.114. The van der Waals surface area contributed by atoms with Crippen molar-refractivity contribution >= 4 is 5.91 Å². The van der Waals surface area contributed by atoms with Crippen molar-refractivity contribution in [3.8, 4) is 0 Å². The molecule has 0 aromatic heterocycles. The second-order valence-corrected chi connectivity index (χ2v) is 3.10. The molecular weight excluding hydrogens is 164 g/mol. The molecule has 0 heterocycles. The van der Waals surface area contributed by atoms with Gasteiger partial charge >= 0.3 is 0 Å². The fourth-order valence-electron chi connectivity index (χ4n) is 1.09. The Hall–Kier alpha value is -0.990. The molecule has 0 aromatic rings. The molecule has 0 radical (unpaired) electrons. The molecule has 13 heavy (non-hydrogen) atoms. The van der Waals surface area contributed by atoms with Crippen LogP contribution in [-0.2, 0) is 4.79 Å². The van der Waals surface area contributed by atoms with Crippen molar-refractivity contribution in [3.63, 3.8) is 0 Å². The second-order valence-electron chi connectivity index (χ2n) is 3.10. The normalized spacial score (nSPS) is 12.2. The van der Waals surface area contributed by atoms with E-state index in [2.05, 4.69) is 12.2 Å². The molecular formula is C10H20N2O. The minimum Gasteiger partial charge on any atom is -0.388 e. The molecule has 0 atom stereocenters. The lowest BCUT2D eigenvalue weighted by atomic mass is 10.2. The minimum atomic E-state index is -0.333. The van der Waals surface area contributed by atoms with Gasteiger partial charge in [0.05, 0.1) is 0 Å². The van der Waals surface area contributed by atoms with Crippen LogP contribution >= 0.6 is 0 Å². The van der Waals surface area contributed by atoms with Crippen LogP contribution in [0.4, 0.5) is 0 Å². The molecule has 3 heteroatoms. The third kappa shape index (κ3) is 4.55. The fraction of sp³-hybridized carbons (Fsp3) is 0.700. The van der Waals surface area contributed by atoms with E-state index in [1.165, 1.54) is 0 Å². The molecule has 0 unspecified atom stereocenters. The number of rotatable bonds is 6. The van der Waals surface area contributed by atoms with Crippen LogP contribution in [0.15, 0.2) is 11.3 Å². The van der Waals surface area contributed by atoms with Gasteiger partial charge in [-0.1, -0.05) is 20.3 Å². The first-order chi connectivity index (χ1) is 6.13. The van der Waals surface area contributed by atoms with Gasteiger partial charge in [0.15, 0.2) is 0 Å². The number of hydrogen-bond acceptors (Lipinski definition) is 2. The Morgan fingerprint density at radius 2 is 2.00 bits per heavy atom. The molecule has 76 valence electrons. The van der Waals surface area contributed by atoms with Crippen molar-refractivity contribution in [1.29, 1.82) is 0 Å². The molecule has 0 saturated heterocycles. The quantitative estimate of drug-likeness (QED) is 0.486. The molecule has 0 rings (SSSR count). The summed E-state index contributed by atoms with van der Waals surface area (Å²) in [7, 11) is 0. The zero-order chi connectivity index (χ0) is 10.3. The molecule has 1 amide bonds. The van der Waals surface area contributed by atoms with E-state index in [9.17, 15) is 4.79 Å². The van der Waals surface area contributed by atoms with E-state index in [0.29, 0.717) is 5.57 Å². The number of primary amides is 1. The van der Waals surface area contributed by atoms with E-state index in [-0.39, 0.29) is 5.91 Å². The number of hydrogen-bond donors (Lipinski definition) is 2. The molecule has 0 aliphatic carbocycles. The highest BCUT2D eigenvalue weighted by Gasteiger charge is 2.04. The standard InChI is InChI=1S/C10H20N2O/c1-4-6-7-12-9(5-2)8(3)10(11)13/h12H,4-7H2,1-3H3,(H2,11,13)/b9-8-. The van der Waals surface area contributed by atoms with E-state index in [0.717, 1.165) is 31.5 Å². The molecule has 3 nitrogen and oxygen atoms in total. The van der Waals surface area contributed by atoms with Crippen LogP contribution < -0.4 is 11.1 Å². The summed E-state index contributed by atoms with van der Waals surface area (Å²) in [5.74, 6) is -0.333. The molecule has 0 fully saturated rings. The smallest absolute Gasteiger partial charge is 0.246 e. The number of carbonyl (C=O) groups is 1. The average Bonchev–Trinajstić information content (AvgIpc) is 2.11. The van der Waals surface area contributed by atoms with Gasteiger partial charge in [0.25, 0.3) is 0 Å². The SMILES string of the molecule is CCCCN/C(CC)=C(/C)C(N)=O. The van der Waals surface area contributed by atoms with Gasteiger partial charge in [0.2, 0.25) is 5.91 Å². The molecule has 0 bridgehead atoms. The van der Waals surface area contributed by atoms with E-state index in [1.54, 1.807) is 6.92 Å². The molecule has 0 saturated carbocycles. The van der Waals surface area contributed by atoms with E-state index < -0.39 is 0 Å². The van der Waals surface area contributed by atoms with Gasteiger partial charge in [-0.15, -0.1) is 0 Å². The highest BCUT2D eigenvalue weighted by molar-refractivity contribution is 5.91. The summed E-state index contributed by atoms with van der Waals surface area (Å²) in [5.41, 5.74) is 6.80. The average molecular weight is 184 g/mol. The third-order valence-electron chi connectivity index (χ3n) is 2.04. The lowest BCUT2D eigenvalue weighted by Crippen LogP contribution is -2.21. The van der Waals surface area contributed by atoms with Crippen molar-refractivity contribution in [1.82, 2.24) is 5.32 Å². The van der Waals surface area contributed by atoms with E-state index >= 15 is 0 Å². The van der Waals surface area contributed by atoms with Crippen molar-refractivity contribution in [2.24, 2.45) is 5.73 Å². The van der Waals surface area contributed by atoms with E-state index in [1.807, 2.05) is 6.92 Å². The summed E-state index contributed by atoms with van der Waals surface area (Å²) in [6.45, 7) is 6.84. The monoisotopic (exact) mass is 184 g/mol. The first-order valence-electron chi connectivity index (χ1n) is 4.86. The number of amides is 1. The Balaban J connectivity index is 4.15. The maximum Gasteiger partial charge on any atom is 0.246 e. The van der Waals surface area contributed by atoms with Crippen LogP contribution in [0.5, 0.6) is 0 Å². The first kappa shape index (κ1) is 12.0. The predicted octanol–water partition coefficient (Wildman–Crippen LogP) is 1.55. The lowest BCUT2D eigenvalue weighted by Gasteiger charge is -2.10. The zero-order valence-corrected chi connectivity index (χ0v) is 8.81. The van der Waals surface area contributed by atoms with Crippen LogP contribution in [-0.4, -0.2) is 12.5 Å². The Labute approximate surface area is 80.4 Å². The summed E-state index contributed by atoms with van der Waals surface area (Å²) in [6, 6.07) is 0. The van der Waals surface area contributed by atoms with Crippen LogP contribution in [0.25, 0.3) is 0 Å². The summed E-state index contributed by atoms with van der Waals surface area (Å²) in [5, 5.41) is 3.23. The van der Waals surface area contributed by atoms with Crippen molar-refractivity contribution < 1.29 is 4.79 Å². The molecule has 3 N–H and O–H groups in total. The zero-order valence-electron chi connectivity index (χ0n) is 8.81. The Bertz CT molecular complexity index is 197. The predicted molar refractivity (Wildman–Crippen MR) is 55.1 cm³/mol. The fourth-order valence-corrected chi connectivity index (χ4v) is 1.09. The first-order valence-corrected chi connectivity index (χ1v) is 4.86. The van der Waals surface area contributed by atoms with Crippen LogP contribution in [0, 0.1) is 0 Å². The number of carbonyl (C=O) groups excluding carboxylic acids is 1. The Kier molecular flexibility index (Phi) is 6.02. The Morgan fingerprint density at radius 3 is 2.38 bits per heavy atom. The molecule has 0 spiro atoms. The number of allylic oxidation sites excluding steroid dienone is 1. The highest BCUT2D eigenvalue weighted by Crippen LogP contribution is 2.04. The maximum atomic E-state index is 10.9. The third-order valence-corrected chi connectivity index (χ3v) is 2.04. The largest absolute Gasteiger partial charge is 0.388 e. The van der Waals surface area contributed by atoms with Gasteiger partial charge < -0.3 is 11.1 Å². The Morgan fingerprint density at radius 1 is 1.38 bits per heavy atom. The van der Waals surface area contributed by atoms with Gasteiger partial charge in [-0.25, -0.2) is 0 Å². The summed E-state index contributed by atoms with van der Waals surface area (Å²) in [6.07, 6.45) is 3.10. The molecule has 0 aliphatic rings. The second kappa shape index (κ2) is 6.52. The van der Waals surface area contributed by atoms with Crippen molar-refractivity contribution in [2.75, 3.05) is 6.54 Å². The minimum absolute atomic E-state index is 0.333. The summed E-state index contributed by atoms with van der Waals surface area (Å²) >= 11 is 0. The molecule has 0 aliphatic heterocycles. The van der Waals surface area contributed by atoms with Gasteiger partial charge in [0, 0.05) is 17.8 Å². The van der Waals surface area contributed by atoms with Gasteiger partial charge in [-0.05, 0) is 19.8 Å². The van der Waals surface area contributed by atoms with Crippen LogP contribution in [0.3, 0.4) is 0 Å². The highest BCUT2D eigenvalue weighted by atomic mass is 16.1. The van der Waals surface area contributed by atoms with Gasteiger partial charge in [-0.2, -0.15) is 0 Å². The summed E-state index contributed by atoms with van der Waals surface area (Å²) in [4.78, 5) is 10.9. The topological polar surface area (TPSA) is 55.1 Å². The van der Waals surface area contributed by atoms with Crippen molar-refractivity contribution in [3.05, 3.63) is 11.3 Å².